The van der Waals surface area contributed by atoms with Gasteiger partial charge in [0.1, 0.15) is 11.5 Å². The maximum atomic E-state index is 13.3. The van der Waals surface area contributed by atoms with Crippen LogP contribution < -0.4 is 10.5 Å². The molecule has 25 heavy (non-hydrogen) atoms. The number of nitrogens with zero attached hydrogens (tertiary/aromatic N) is 2. The minimum Gasteiger partial charge on any atom is -0.494 e. The number of hydrogen-bond acceptors (Lipinski definition) is 4. The van der Waals surface area contributed by atoms with E-state index in [9.17, 15) is 4.39 Å². The molecule has 0 spiro atoms. The van der Waals surface area contributed by atoms with Crippen LogP contribution in [0.4, 0.5) is 10.1 Å². The number of aromatic nitrogens is 3. The average Bonchev–Trinajstić information content (AvgIpc) is 3.02. The molecule has 3 aromatic heterocycles. The smallest absolute Gasteiger partial charge is 0.154 e. The fraction of sp³-hybridized carbons (Fsp3) is 0.0526. The van der Waals surface area contributed by atoms with Gasteiger partial charge in [0.25, 0.3) is 0 Å². The van der Waals surface area contributed by atoms with Crippen LogP contribution in [0.2, 0.25) is 0 Å². The third-order valence-electron chi connectivity index (χ3n) is 4.11. The largest absolute Gasteiger partial charge is 0.494 e. The molecule has 0 radical (unpaired) electrons. The Hall–Kier alpha value is -3.41. The fourth-order valence-corrected chi connectivity index (χ4v) is 3.00. The quantitative estimate of drug-likeness (QED) is 0.593. The molecule has 0 aliphatic carbocycles. The number of rotatable bonds is 3. The topological polar surface area (TPSA) is 76.8 Å². The summed E-state index contributed by atoms with van der Waals surface area (Å²) in [6.45, 7) is 0. The predicted octanol–water partition coefficient (Wildman–Crippen LogP) is 4.02. The number of fused-ring (bicyclic) bond motifs is 1. The van der Waals surface area contributed by atoms with Crippen molar-refractivity contribution in [1.82, 2.24) is 15.0 Å². The van der Waals surface area contributed by atoms with Crippen LogP contribution in [0, 0.1) is 5.82 Å². The van der Waals surface area contributed by atoms with E-state index in [1.54, 1.807) is 37.8 Å². The highest BCUT2D eigenvalue weighted by Gasteiger charge is 2.20. The molecule has 0 saturated carbocycles. The van der Waals surface area contributed by atoms with Gasteiger partial charge in [-0.2, -0.15) is 0 Å². The third kappa shape index (κ3) is 2.48. The number of aromatic amines is 1. The van der Waals surface area contributed by atoms with E-state index < -0.39 is 0 Å². The molecular formula is C19H15FN4O. The number of pyridine rings is 2. The zero-order valence-corrected chi connectivity index (χ0v) is 13.5. The number of halogens is 1. The van der Waals surface area contributed by atoms with Gasteiger partial charge in [-0.3, -0.25) is 4.98 Å². The highest BCUT2D eigenvalue weighted by Crippen LogP contribution is 2.43. The van der Waals surface area contributed by atoms with Crippen LogP contribution in [0.1, 0.15) is 0 Å². The molecule has 1 aromatic carbocycles. The second-order valence-corrected chi connectivity index (χ2v) is 5.59. The number of hydrogen-bond donors (Lipinski definition) is 2. The summed E-state index contributed by atoms with van der Waals surface area (Å²) in [5.41, 5.74) is 10.6. The number of methoxy groups -OCH3 is 1. The summed E-state index contributed by atoms with van der Waals surface area (Å²) in [6.07, 6.45) is 4.99. The summed E-state index contributed by atoms with van der Waals surface area (Å²) in [4.78, 5) is 11.8. The number of H-pyrrole nitrogens is 1. The second-order valence-electron chi connectivity index (χ2n) is 5.59. The number of anilines is 1. The molecule has 4 rings (SSSR count). The van der Waals surface area contributed by atoms with Gasteiger partial charge in [-0.15, -0.1) is 0 Å². The first kappa shape index (κ1) is 15.1. The predicted molar refractivity (Wildman–Crippen MR) is 95.7 cm³/mol. The molecule has 0 saturated heterocycles. The highest BCUT2D eigenvalue weighted by molar-refractivity contribution is 6.07. The first-order valence-corrected chi connectivity index (χ1v) is 7.69. The van der Waals surface area contributed by atoms with Gasteiger partial charge in [0.2, 0.25) is 0 Å². The summed E-state index contributed by atoms with van der Waals surface area (Å²) < 4.78 is 18.9. The lowest BCUT2D eigenvalue weighted by Crippen LogP contribution is -1.94. The van der Waals surface area contributed by atoms with Gasteiger partial charge in [-0.1, -0.05) is 0 Å². The SMILES string of the molecule is COc1c(N)cnc2[nH]c(-c3ccc(F)cc3)c(-c3ccncc3)c12. The van der Waals surface area contributed by atoms with E-state index in [2.05, 4.69) is 15.0 Å². The Morgan fingerprint density at radius 1 is 1.04 bits per heavy atom. The molecule has 0 aliphatic heterocycles. The lowest BCUT2D eigenvalue weighted by atomic mass is 9.99. The Kier molecular flexibility index (Phi) is 3.57. The molecule has 3 N–H and O–H groups in total. The Morgan fingerprint density at radius 2 is 1.76 bits per heavy atom. The van der Waals surface area contributed by atoms with Gasteiger partial charge in [-0.25, -0.2) is 9.37 Å². The van der Waals surface area contributed by atoms with Gasteiger partial charge in [0.05, 0.1) is 30.1 Å². The van der Waals surface area contributed by atoms with E-state index in [0.717, 1.165) is 27.8 Å². The Labute approximate surface area is 143 Å². The number of nitrogen functional groups attached to an aromatic ring is 1. The van der Waals surface area contributed by atoms with Crippen LogP contribution in [0.15, 0.2) is 55.0 Å². The van der Waals surface area contributed by atoms with E-state index >= 15 is 0 Å². The molecule has 0 atom stereocenters. The van der Waals surface area contributed by atoms with E-state index in [1.807, 2.05) is 12.1 Å². The van der Waals surface area contributed by atoms with Crippen molar-refractivity contribution in [3.63, 3.8) is 0 Å². The lowest BCUT2D eigenvalue weighted by Gasteiger charge is -2.09. The molecule has 0 unspecified atom stereocenters. The molecule has 0 fully saturated rings. The van der Waals surface area contributed by atoms with Crippen LogP contribution in [0.5, 0.6) is 5.75 Å². The van der Waals surface area contributed by atoms with Crippen molar-refractivity contribution in [3.8, 4) is 28.1 Å². The van der Waals surface area contributed by atoms with Gasteiger partial charge < -0.3 is 15.5 Å². The van der Waals surface area contributed by atoms with Crippen molar-refractivity contribution in [1.29, 1.82) is 0 Å². The van der Waals surface area contributed by atoms with Gasteiger partial charge in [0, 0.05) is 18.0 Å². The Morgan fingerprint density at radius 3 is 2.44 bits per heavy atom. The lowest BCUT2D eigenvalue weighted by molar-refractivity contribution is 0.422. The molecule has 0 amide bonds. The van der Waals surface area contributed by atoms with Crippen molar-refractivity contribution in [2.24, 2.45) is 0 Å². The van der Waals surface area contributed by atoms with E-state index in [1.165, 1.54) is 12.1 Å². The molecule has 124 valence electrons. The Bertz CT molecular complexity index is 1040. The monoisotopic (exact) mass is 334 g/mol. The summed E-state index contributed by atoms with van der Waals surface area (Å²) in [7, 11) is 1.58. The summed E-state index contributed by atoms with van der Waals surface area (Å²) in [6, 6.07) is 10.1. The number of nitrogens with one attached hydrogen (secondary N) is 1. The van der Waals surface area contributed by atoms with Crippen molar-refractivity contribution in [2.45, 2.75) is 0 Å². The van der Waals surface area contributed by atoms with E-state index in [4.69, 9.17) is 10.5 Å². The average molecular weight is 334 g/mol. The zero-order chi connectivity index (χ0) is 17.4. The highest BCUT2D eigenvalue weighted by atomic mass is 19.1. The van der Waals surface area contributed by atoms with Crippen LogP contribution in [-0.2, 0) is 0 Å². The molecule has 6 heteroatoms. The van der Waals surface area contributed by atoms with Crippen molar-refractivity contribution >= 4 is 16.7 Å². The minimum absolute atomic E-state index is 0.287. The maximum Gasteiger partial charge on any atom is 0.154 e. The molecule has 0 bridgehead atoms. The van der Waals surface area contributed by atoms with Crippen molar-refractivity contribution in [3.05, 3.63) is 60.8 Å². The van der Waals surface area contributed by atoms with Crippen LogP contribution in [0.3, 0.4) is 0 Å². The standard InChI is InChI=1S/C19H15FN4O/c1-25-18-14(21)10-23-19-16(18)15(11-6-8-22-9-7-11)17(24-19)12-2-4-13(20)5-3-12/h2-10H,21H2,1H3,(H,23,24). The van der Waals surface area contributed by atoms with Crippen molar-refractivity contribution < 1.29 is 9.13 Å². The zero-order valence-electron chi connectivity index (χ0n) is 13.5. The van der Waals surface area contributed by atoms with E-state index in [0.29, 0.717) is 17.1 Å². The number of benzene rings is 1. The minimum atomic E-state index is -0.287. The summed E-state index contributed by atoms with van der Waals surface area (Å²) in [5, 5.41) is 0.785. The Balaban J connectivity index is 2.11. The first-order chi connectivity index (χ1) is 12.2. The molecule has 0 aliphatic rings. The molecular weight excluding hydrogens is 319 g/mol. The third-order valence-corrected chi connectivity index (χ3v) is 4.11. The van der Waals surface area contributed by atoms with Gasteiger partial charge in [-0.05, 0) is 47.5 Å². The van der Waals surface area contributed by atoms with E-state index in [-0.39, 0.29) is 5.82 Å². The van der Waals surface area contributed by atoms with Crippen LogP contribution in [0.25, 0.3) is 33.4 Å². The van der Waals surface area contributed by atoms with Gasteiger partial charge >= 0.3 is 0 Å². The molecule has 4 aromatic rings. The number of ether oxygens (including phenoxy) is 1. The number of nitrogens with two attached hydrogens (primary N) is 1. The van der Waals surface area contributed by atoms with Crippen LogP contribution in [-0.4, -0.2) is 22.1 Å². The van der Waals surface area contributed by atoms with Crippen LogP contribution >= 0.6 is 0 Å². The first-order valence-electron chi connectivity index (χ1n) is 7.69. The normalized spacial score (nSPS) is 11.0. The molecule has 5 nitrogen and oxygen atoms in total. The molecule has 3 heterocycles. The summed E-state index contributed by atoms with van der Waals surface area (Å²) in [5.74, 6) is 0.270. The fourth-order valence-electron chi connectivity index (χ4n) is 3.00. The maximum absolute atomic E-state index is 13.3. The van der Waals surface area contributed by atoms with Gasteiger partial charge in [0.15, 0.2) is 5.75 Å². The second kappa shape index (κ2) is 5.90. The van der Waals surface area contributed by atoms with Crippen molar-refractivity contribution in [2.75, 3.05) is 12.8 Å². The summed E-state index contributed by atoms with van der Waals surface area (Å²) >= 11 is 0.